The molecule has 0 aliphatic carbocycles. The number of Topliss-reactive ketones (excluding diaryl/α,β-unsaturated/α-hetero) is 1. The highest BCUT2D eigenvalue weighted by Crippen LogP contribution is 2.18. The van der Waals surface area contributed by atoms with Gasteiger partial charge in [-0.15, -0.1) is 0 Å². The summed E-state index contributed by atoms with van der Waals surface area (Å²) in [5.41, 5.74) is 1.91. The molecule has 0 saturated carbocycles. The summed E-state index contributed by atoms with van der Waals surface area (Å²) in [5, 5.41) is 11.6. The average molecular weight is 546 g/mol. The standard InChI is InChI=1S/C30H35N5O5/c1-18(2)14-24(35-29(39)25-15-20-10-6-7-11-22(20)33-25)28(38)34-23(16-21-12-13-31-27(21)37)26(36)30(40)32-17-19-8-4-3-5-9-19/h3-11,15,18,21,23-24,33H,12-14,16-17H2,1-2H3,(H,31,37)(H,32,40)(H,34,38)(H,35,39)/t21-,23-,24-/m0/s1. The van der Waals surface area contributed by atoms with E-state index in [4.69, 9.17) is 0 Å². The van der Waals surface area contributed by atoms with E-state index in [-0.39, 0.29) is 24.8 Å². The molecule has 3 atom stereocenters. The first-order chi connectivity index (χ1) is 19.2. The molecule has 0 radical (unpaired) electrons. The Balaban J connectivity index is 1.48. The van der Waals surface area contributed by atoms with Gasteiger partial charge in [-0.25, -0.2) is 0 Å². The summed E-state index contributed by atoms with van der Waals surface area (Å²) < 4.78 is 0. The van der Waals surface area contributed by atoms with Gasteiger partial charge < -0.3 is 26.3 Å². The summed E-state index contributed by atoms with van der Waals surface area (Å²) in [6.45, 7) is 4.44. The Morgan fingerprint density at radius 2 is 1.68 bits per heavy atom. The molecule has 5 N–H and O–H groups in total. The molecular formula is C30H35N5O5. The predicted molar refractivity (Wildman–Crippen MR) is 150 cm³/mol. The number of rotatable bonds is 12. The summed E-state index contributed by atoms with van der Waals surface area (Å²) >= 11 is 0. The van der Waals surface area contributed by atoms with Crippen molar-refractivity contribution < 1.29 is 24.0 Å². The predicted octanol–water partition coefficient (Wildman–Crippen LogP) is 2.21. The molecule has 1 fully saturated rings. The molecule has 1 aliphatic rings. The average Bonchev–Trinajstić information content (AvgIpc) is 3.56. The first-order valence-corrected chi connectivity index (χ1v) is 13.5. The zero-order chi connectivity index (χ0) is 28.6. The lowest BCUT2D eigenvalue weighted by Gasteiger charge is -2.24. The topological polar surface area (TPSA) is 149 Å². The maximum Gasteiger partial charge on any atom is 0.289 e. The van der Waals surface area contributed by atoms with Crippen molar-refractivity contribution in [3.63, 3.8) is 0 Å². The summed E-state index contributed by atoms with van der Waals surface area (Å²) in [6, 6.07) is 16.1. The second kappa shape index (κ2) is 13.1. The molecule has 0 spiro atoms. The molecule has 4 amide bonds. The van der Waals surface area contributed by atoms with Crippen LogP contribution in [0, 0.1) is 11.8 Å². The van der Waals surface area contributed by atoms with E-state index >= 15 is 0 Å². The number of H-pyrrole nitrogens is 1. The first kappa shape index (κ1) is 28.5. The van der Waals surface area contributed by atoms with Gasteiger partial charge in [0.15, 0.2) is 0 Å². The van der Waals surface area contributed by atoms with Gasteiger partial charge in [-0.2, -0.15) is 0 Å². The van der Waals surface area contributed by atoms with Crippen molar-refractivity contribution in [1.82, 2.24) is 26.3 Å². The minimum absolute atomic E-state index is 0.0144. The summed E-state index contributed by atoms with van der Waals surface area (Å²) in [7, 11) is 0. The second-order valence-electron chi connectivity index (χ2n) is 10.5. The lowest BCUT2D eigenvalue weighted by molar-refractivity contribution is -0.141. The Morgan fingerprint density at radius 3 is 2.35 bits per heavy atom. The molecule has 4 rings (SSSR count). The Hall–Kier alpha value is -4.47. The minimum atomic E-state index is -1.23. The van der Waals surface area contributed by atoms with Crippen LogP contribution in [0.5, 0.6) is 0 Å². The second-order valence-corrected chi connectivity index (χ2v) is 10.5. The summed E-state index contributed by atoms with van der Waals surface area (Å²) in [4.78, 5) is 67.9. The highest BCUT2D eigenvalue weighted by atomic mass is 16.2. The van der Waals surface area contributed by atoms with E-state index in [1.54, 1.807) is 6.07 Å². The van der Waals surface area contributed by atoms with Gasteiger partial charge in [-0.3, -0.25) is 24.0 Å². The van der Waals surface area contributed by atoms with Gasteiger partial charge in [-0.05, 0) is 42.9 Å². The van der Waals surface area contributed by atoms with E-state index in [0.717, 1.165) is 16.5 Å². The zero-order valence-corrected chi connectivity index (χ0v) is 22.7. The third kappa shape index (κ3) is 7.34. The van der Waals surface area contributed by atoms with E-state index in [1.807, 2.05) is 68.4 Å². The van der Waals surface area contributed by atoms with Crippen LogP contribution in [0.4, 0.5) is 0 Å². The van der Waals surface area contributed by atoms with Crippen molar-refractivity contribution in [2.75, 3.05) is 6.54 Å². The molecule has 1 aromatic heterocycles. The van der Waals surface area contributed by atoms with Gasteiger partial charge in [0.05, 0.1) is 6.04 Å². The number of ketones is 1. The molecule has 0 bridgehead atoms. The summed E-state index contributed by atoms with van der Waals surface area (Å²) in [6.07, 6.45) is 0.791. The largest absolute Gasteiger partial charge is 0.356 e. The zero-order valence-electron chi connectivity index (χ0n) is 22.7. The van der Waals surface area contributed by atoms with E-state index < -0.39 is 41.5 Å². The number of amides is 4. The van der Waals surface area contributed by atoms with Crippen molar-refractivity contribution in [2.24, 2.45) is 11.8 Å². The van der Waals surface area contributed by atoms with Gasteiger partial charge >= 0.3 is 0 Å². The number of nitrogens with one attached hydrogen (secondary N) is 5. The van der Waals surface area contributed by atoms with Crippen LogP contribution in [-0.2, 0) is 25.7 Å². The number of aromatic amines is 1. The van der Waals surface area contributed by atoms with Gasteiger partial charge in [-0.1, -0.05) is 62.4 Å². The lowest BCUT2D eigenvalue weighted by atomic mass is 9.94. The van der Waals surface area contributed by atoms with Crippen LogP contribution >= 0.6 is 0 Å². The molecule has 2 aromatic carbocycles. The molecule has 0 unspecified atom stereocenters. The van der Waals surface area contributed by atoms with Gasteiger partial charge in [0.2, 0.25) is 17.6 Å². The minimum Gasteiger partial charge on any atom is -0.356 e. The quantitative estimate of drug-likeness (QED) is 0.221. The molecule has 3 aromatic rings. The van der Waals surface area contributed by atoms with E-state index in [2.05, 4.69) is 26.3 Å². The third-order valence-electron chi connectivity index (χ3n) is 6.94. The van der Waals surface area contributed by atoms with Crippen molar-refractivity contribution in [3.05, 3.63) is 71.9 Å². The van der Waals surface area contributed by atoms with Crippen LogP contribution < -0.4 is 21.3 Å². The summed E-state index contributed by atoms with van der Waals surface area (Å²) in [5.74, 6) is -3.43. The fourth-order valence-corrected chi connectivity index (χ4v) is 4.82. The maximum atomic E-state index is 13.5. The molecule has 210 valence electrons. The van der Waals surface area contributed by atoms with Crippen LogP contribution in [0.25, 0.3) is 10.9 Å². The molecule has 10 heteroatoms. The molecular weight excluding hydrogens is 510 g/mol. The van der Waals surface area contributed by atoms with Crippen LogP contribution in [-0.4, -0.2) is 53.0 Å². The lowest BCUT2D eigenvalue weighted by Crippen LogP contribution is -2.54. The Kier molecular flexibility index (Phi) is 9.31. The highest BCUT2D eigenvalue weighted by Gasteiger charge is 2.35. The van der Waals surface area contributed by atoms with Crippen LogP contribution in [0.3, 0.4) is 0 Å². The Labute approximate surface area is 232 Å². The number of fused-ring (bicyclic) bond motifs is 1. The molecule has 40 heavy (non-hydrogen) atoms. The van der Waals surface area contributed by atoms with Crippen molar-refractivity contribution in [3.8, 4) is 0 Å². The number of aromatic nitrogens is 1. The van der Waals surface area contributed by atoms with Gasteiger partial charge in [0.1, 0.15) is 11.7 Å². The molecule has 2 heterocycles. The van der Waals surface area contributed by atoms with Crippen molar-refractivity contribution >= 4 is 40.3 Å². The molecule has 1 aliphatic heterocycles. The monoisotopic (exact) mass is 545 g/mol. The molecule has 1 saturated heterocycles. The highest BCUT2D eigenvalue weighted by molar-refractivity contribution is 6.38. The number of hydrogen-bond acceptors (Lipinski definition) is 5. The Bertz CT molecular complexity index is 1350. The third-order valence-corrected chi connectivity index (χ3v) is 6.94. The van der Waals surface area contributed by atoms with E-state index in [0.29, 0.717) is 25.1 Å². The van der Waals surface area contributed by atoms with E-state index in [9.17, 15) is 24.0 Å². The van der Waals surface area contributed by atoms with E-state index in [1.165, 1.54) is 0 Å². The Morgan fingerprint density at radius 1 is 0.950 bits per heavy atom. The normalized spacial score (nSPS) is 16.3. The van der Waals surface area contributed by atoms with Gasteiger partial charge in [0.25, 0.3) is 11.8 Å². The van der Waals surface area contributed by atoms with Crippen molar-refractivity contribution in [1.29, 1.82) is 0 Å². The fraction of sp³-hybridized carbons (Fsp3) is 0.367. The van der Waals surface area contributed by atoms with Crippen LogP contribution in [0.1, 0.15) is 49.2 Å². The van der Waals surface area contributed by atoms with Crippen molar-refractivity contribution in [2.45, 2.75) is 51.7 Å². The number of carbonyl (C=O) groups excluding carboxylic acids is 5. The first-order valence-electron chi connectivity index (χ1n) is 13.5. The molecule has 10 nitrogen and oxygen atoms in total. The fourth-order valence-electron chi connectivity index (χ4n) is 4.82. The maximum absolute atomic E-state index is 13.5. The van der Waals surface area contributed by atoms with Crippen LogP contribution in [0.15, 0.2) is 60.7 Å². The number of para-hydroxylation sites is 1. The number of benzene rings is 2. The smallest absolute Gasteiger partial charge is 0.289 e. The van der Waals surface area contributed by atoms with Gasteiger partial charge in [0, 0.05) is 29.9 Å². The number of hydrogen-bond donors (Lipinski definition) is 5. The number of carbonyl (C=O) groups is 5. The SMILES string of the molecule is CC(C)C[C@H](NC(=O)c1cc2ccccc2[nH]1)C(=O)N[C@@H](C[C@@H]1CCNC1=O)C(=O)C(=O)NCc1ccccc1. The van der Waals surface area contributed by atoms with Crippen LogP contribution in [0.2, 0.25) is 0 Å².